The van der Waals surface area contributed by atoms with E-state index in [9.17, 15) is 4.79 Å². The third-order valence-electron chi connectivity index (χ3n) is 0.980. The molecule has 1 rings (SSSR count). The van der Waals surface area contributed by atoms with E-state index < -0.39 is 0 Å². The second-order valence-electron chi connectivity index (χ2n) is 1.50. The molecule has 0 saturated heterocycles. The first kappa shape index (κ1) is 8.84. The molecule has 0 radical (unpaired) electrons. The highest BCUT2D eigenvalue weighted by Gasteiger charge is 1.90. The molecule has 1 aromatic rings. The van der Waals surface area contributed by atoms with Gasteiger partial charge in [-0.3, -0.25) is 9.48 Å². The molecule has 56 valence electrons. The molecule has 0 spiro atoms. The van der Waals surface area contributed by atoms with E-state index in [2.05, 4.69) is 5.10 Å². The van der Waals surface area contributed by atoms with Gasteiger partial charge in [0.15, 0.2) is 6.29 Å². The molecule has 0 fully saturated rings. The molecule has 1 heterocycles. The van der Waals surface area contributed by atoms with Gasteiger partial charge < -0.3 is 5.11 Å². The predicted octanol–water partition coefficient (Wildman–Crippen LogP) is -0.159. The number of carbonyl (C=O) groups excluding carboxylic acids is 1. The zero-order valence-corrected chi connectivity index (χ0v) is 5.98. The van der Waals surface area contributed by atoms with Crippen LogP contribution in [0.25, 0.3) is 0 Å². The molecule has 0 unspecified atom stereocenters. The van der Waals surface area contributed by atoms with Crippen molar-refractivity contribution >= 4 is 6.29 Å². The summed E-state index contributed by atoms with van der Waals surface area (Å²) in [7, 11) is 2.73. The summed E-state index contributed by atoms with van der Waals surface area (Å²) >= 11 is 0. The minimum Gasteiger partial charge on any atom is -0.400 e. The largest absolute Gasteiger partial charge is 0.400 e. The fourth-order valence-corrected chi connectivity index (χ4v) is 0.500. The van der Waals surface area contributed by atoms with Gasteiger partial charge >= 0.3 is 0 Å². The molecule has 4 heteroatoms. The normalized spacial score (nSPS) is 7.90. The summed E-state index contributed by atoms with van der Waals surface area (Å²) in [5, 5.41) is 10.8. The van der Waals surface area contributed by atoms with Gasteiger partial charge in [-0.2, -0.15) is 5.10 Å². The van der Waals surface area contributed by atoms with Crippen LogP contribution >= 0.6 is 0 Å². The Bertz CT molecular complexity index is 195. The quantitative estimate of drug-likeness (QED) is 0.554. The van der Waals surface area contributed by atoms with Crippen LogP contribution in [0.15, 0.2) is 12.3 Å². The first-order chi connectivity index (χ1) is 4.84. The maximum Gasteiger partial charge on any atom is 0.168 e. The molecular formula is C6H10N2O2. The molecule has 0 aromatic carbocycles. The smallest absolute Gasteiger partial charge is 0.168 e. The minimum atomic E-state index is 0.602. The lowest BCUT2D eigenvalue weighted by atomic mass is 10.5. The number of aliphatic hydroxyl groups is 1. The number of aromatic nitrogens is 2. The lowest BCUT2D eigenvalue weighted by Crippen LogP contribution is -1.94. The third kappa shape index (κ3) is 1.99. The van der Waals surface area contributed by atoms with Gasteiger partial charge in [0, 0.05) is 20.4 Å². The third-order valence-corrected chi connectivity index (χ3v) is 0.980. The first-order valence-corrected chi connectivity index (χ1v) is 2.72. The molecule has 0 aliphatic heterocycles. The topological polar surface area (TPSA) is 55.1 Å². The van der Waals surface area contributed by atoms with Crippen LogP contribution in [0.2, 0.25) is 0 Å². The monoisotopic (exact) mass is 142 g/mol. The van der Waals surface area contributed by atoms with E-state index in [0.717, 1.165) is 13.4 Å². The summed E-state index contributed by atoms with van der Waals surface area (Å²) in [6.07, 6.45) is 2.36. The molecule has 0 aliphatic rings. The first-order valence-electron chi connectivity index (χ1n) is 2.72. The van der Waals surface area contributed by atoms with Gasteiger partial charge in [-0.05, 0) is 6.07 Å². The molecule has 1 N–H and O–H groups in total. The van der Waals surface area contributed by atoms with E-state index in [1.54, 1.807) is 19.3 Å². The summed E-state index contributed by atoms with van der Waals surface area (Å²) in [5.74, 6) is 0. The Labute approximate surface area is 59.1 Å². The van der Waals surface area contributed by atoms with Crippen LogP contribution in [-0.4, -0.2) is 28.3 Å². The average Bonchev–Trinajstić information content (AvgIpc) is 2.39. The van der Waals surface area contributed by atoms with Crippen molar-refractivity contribution in [2.45, 2.75) is 0 Å². The van der Waals surface area contributed by atoms with E-state index in [-0.39, 0.29) is 0 Å². The second kappa shape index (κ2) is 4.69. The molecule has 0 amide bonds. The predicted molar refractivity (Wildman–Crippen MR) is 36.7 cm³/mol. The number of aryl methyl sites for hydroxylation is 1. The van der Waals surface area contributed by atoms with Crippen molar-refractivity contribution in [3.8, 4) is 0 Å². The van der Waals surface area contributed by atoms with Gasteiger partial charge in [0.1, 0.15) is 5.69 Å². The van der Waals surface area contributed by atoms with Crippen LogP contribution in [-0.2, 0) is 7.05 Å². The Kier molecular flexibility index (Phi) is 4.15. The minimum absolute atomic E-state index is 0.602. The molecule has 4 nitrogen and oxygen atoms in total. The van der Waals surface area contributed by atoms with Crippen molar-refractivity contribution in [2.24, 2.45) is 7.05 Å². The van der Waals surface area contributed by atoms with Gasteiger partial charge in [-0.25, -0.2) is 0 Å². The van der Waals surface area contributed by atoms with E-state index in [4.69, 9.17) is 5.11 Å². The fraction of sp³-hybridized carbons (Fsp3) is 0.333. The van der Waals surface area contributed by atoms with Gasteiger partial charge in [-0.15, -0.1) is 0 Å². The van der Waals surface area contributed by atoms with Crippen molar-refractivity contribution < 1.29 is 9.90 Å². The van der Waals surface area contributed by atoms with Gasteiger partial charge in [0.25, 0.3) is 0 Å². The summed E-state index contributed by atoms with van der Waals surface area (Å²) in [4.78, 5) is 10.0. The molecule has 10 heavy (non-hydrogen) atoms. The average molecular weight is 142 g/mol. The number of aliphatic hydroxyl groups excluding tert-OH is 1. The summed E-state index contributed by atoms with van der Waals surface area (Å²) in [6.45, 7) is 0. The van der Waals surface area contributed by atoms with E-state index >= 15 is 0 Å². The van der Waals surface area contributed by atoms with Crippen molar-refractivity contribution in [3.63, 3.8) is 0 Å². The van der Waals surface area contributed by atoms with Gasteiger partial charge in [0.2, 0.25) is 0 Å². The zero-order valence-electron chi connectivity index (χ0n) is 5.98. The van der Waals surface area contributed by atoms with Crippen LogP contribution in [0.5, 0.6) is 0 Å². The Morgan fingerprint density at radius 2 is 2.30 bits per heavy atom. The van der Waals surface area contributed by atoms with Gasteiger partial charge in [0.05, 0.1) is 0 Å². The summed E-state index contributed by atoms with van der Waals surface area (Å²) < 4.78 is 1.52. The highest BCUT2D eigenvalue weighted by molar-refractivity contribution is 5.71. The van der Waals surface area contributed by atoms with Crippen LogP contribution in [0.3, 0.4) is 0 Å². The second-order valence-corrected chi connectivity index (χ2v) is 1.50. The van der Waals surface area contributed by atoms with E-state index in [0.29, 0.717) is 5.69 Å². The van der Waals surface area contributed by atoms with Crippen LogP contribution in [0.4, 0.5) is 0 Å². The van der Waals surface area contributed by atoms with E-state index in [1.807, 2.05) is 0 Å². The molecular weight excluding hydrogens is 132 g/mol. The summed E-state index contributed by atoms with van der Waals surface area (Å²) in [6, 6.07) is 1.66. The van der Waals surface area contributed by atoms with E-state index in [1.165, 1.54) is 4.68 Å². The lowest BCUT2D eigenvalue weighted by molar-refractivity contribution is 0.111. The number of hydrogen-bond acceptors (Lipinski definition) is 3. The number of rotatable bonds is 1. The Morgan fingerprint density at radius 1 is 1.70 bits per heavy atom. The Balaban J connectivity index is 0.000000371. The lowest BCUT2D eigenvalue weighted by Gasteiger charge is -1.86. The Hall–Kier alpha value is -1.16. The van der Waals surface area contributed by atoms with Crippen molar-refractivity contribution in [2.75, 3.05) is 7.11 Å². The zero-order chi connectivity index (χ0) is 7.98. The SMILES string of the molecule is CO.Cn1nccc1C=O. The van der Waals surface area contributed by atoms with Crippen molar-refractivity contribution in [1.29, 1.82) is 0 Å². The van der Waals surface area contributed by atoms with Crippen LogP contribution in [0, 0.1) is 0 Å². The highest BCUT2D eigenvalue weighted by Crippen LogP contribution is 1.88. The van der Waals surface area contributed by atoms with Crippen molar-refractivity contribution in [3.05, 3.63) is 18.0 Å². The number of hydrogen-bond donors (Lipinski definition) is 1. The Morgan fingerprint density at radius 3 is 2.50 bits per heavy atom. The fourth-order valence-electron chi connectivity index (χ4n) is 0.500. The standard InChI is InChI=1S/C5H6N2O.CH4O/c1-7-5(4-8)2-3-6-7;1-2/h2-4H,1H3;2H,1H3. The van der Waals surface area contributed by atoms with Gasteiger partial charge in [-0.1, -0.05) is 0 Å². The number of nitrogens with zero attached hydrogens (tertiary/aromatic N) is 2. The van der Waals surface area contributed by atoms with Crippen LogP contribution < -0.4 is 0 Å². The van der Waals surface area contributed by atoms with Crippen molar-refractivity contribution in [1.82, 2.24) is 9.78 Å². The maximum atomic E-state index is 10.0. The molecule has 0 saturated carbocycles. The maximum absolute atomic E-state index is 10.0. The van der Waals surface area contributed by atoms with Crippen LogP contribution in [0.1, 0.15) is 10.5 Å². The highest BCUT2D eigenvalue weighted by atomic mass is 16.2. The molecule has 0 atom stereocenters. The number of carbonyl (C=O) groups is 1. The number of aldehydes is 1. The summed E-state index contributed by atoms with van der Waals surface area (Å²) in [5.41, 5.74) is 0.602. The molecule has 0 bridgehead atoms. The molecule has 1 aromatic heterocycles. The molecule has 0 aliphatic carbocycles.